The first kappa shape index (κ1) is 6.61. The average molecular weight is 160 g/mol. The minimum absolute atomic E-state index is 0.587. The number of rotatable bonds is 0. The molecule has 0 amide bonds. The Bertz CT molecular complexity index is 85.0. The Morgan fingerprint density at radius 2 is 1.75 bits per heavy atom. The Morgan fingerprint density at radius 3 is 1.75 bits per heavy atom. The van der Waals surface area contributed by atoms with E-state index in [1.165, 1.54) is 0 Å². The van der Waals surface area contributed by atoms with E-state index in [0.29, 0.717) is 5.08 Å². The van der Waals surface area contributed by atoms with Crippen LogP contribution in [-0.4, -0.2) is 15.8 Å². The van der Waals surface area contributed by atoms with E-state index in [-0.39, 0.29) is 0 Å². The Kier molecular flexibility index (Phi) is 1.67. The van der Waals surface area contributed by atoms with Gasteiger partial charge in [0.1, 0.15) is 4.58 Å². The summed E-state index contributed by atoms with van der Waals surface area (Å²) in [6.07, 6.45) is -3.98. The highest BCUT2D eigenvalue weighted by atomic mass is 32.3. The van der Waals surface area contributed by atoms with Gasteiger partial charge in [-0.3, -0.25) is 0 Å². The molecule has 0 aromatic rings. The fourth-order valence-corrected chi connectivity index (χ4v) is 1.79. The lowest BCUT2D eigenvalue weighted by atomic mass is 10.8. The zero-order valence-electron chi connectivity index (χ0n) is 3.73. The predicted molar refractivity (Wildman–Crippen MR) is 29.9 cm³/mol. The fraction of sp³-hybridized carbons (Fsp3) is 1.00. The van der Waals surface area contributed by atoms with Crippen LogP contribution >= 0.6 is 23.5 Å². The number of thioether (sulfide) groups is 2. The molecule has 0 saturated carbocycles. The summed E-state index contributed by atoms with van der Waals surface area (Å²) < 4.78 is 33.2. The molecule has 1 aliphatic heterocycles. The van der Waals surface area contributed by atoms with E-state index in [9.17, 15) is 13.2 Å². The molecule has 0 atom stereocenters. The quantitative estimate of drug-likeness (QED) is 0.533. The van der Waals surface area contributed by atoms with Crippen LogP contribution in [0.25, 0.3) is 0 Å². The maximum atomic E-state index is 11.5. The van der Waals surface area contributed by atoms with Crippen molar-refractivity contribution in [2.24, 2.45) is 0 Å². The molecule has 0 N–H and O–H groups in total. The Hall–Kier alpha value is 0.490. The highest BCUT2D eigenvalue weighted by molar-refractivity contribution is 8.32. The summed E-state index contributed by atoms with van der Waals surface area (Å²) >= 11 is 1.90. The highest BCUT2D eigenvalue weighted by Gasteiger charge is 2.44. The minimum Gasteiger partial charge on any atom is -0.169 e. The van der Waals surface area contributed by atoms with E-state index in [4.69, 9.17) is 0 Å². The van der Waals surface area contributed by atoms with Gasteiger partial charge in [0.2, 0.25) is 0 Å². The number of hydrogen-bond acceptors (Lipinski definition) is 2. The summed E-state index contributed by atoms with van der Waals surface area (Å²) in [5, 5.41) is 0.587. The summed E-state index contributed by atoms with van der Waals surface area (Å²) in [4.78, 5) is 0. The average Bonchev–Trinajstić information content (AvgIpc) is 1.16. The monoisotopic (exact) mass is 160 g/mol. The maximum Gasteiger partial charge on any atom is 0.409 e. The topological polar surface area (TPSA) is 0 Å². The van der Waals surface area contributed by atoms with Gasteiger partial charge in [0.15, 0.2) is 0 Å². The molecule has 0 spiro atoms. The van der Waals surface area contributed by atoms with Crippen LogP contribution in [0, 0.1) is 0 Å². The smallest absolute Gasteiger partial charge is 0.169 e. The number of halogens is 3. The summed E-state index contributed by atoms with van der Waals surface area (Å²) in [5.41, 5.74) is 0. The van der Waals surface area contributed by atoms with Crippen molar-refractivity contribution in [3.63, 3.8) is 0 Å². The van der Waals surface area contributed by atoms with Crippen molar-refractivity contribution in [2.75, 3.05) is 5.08 Å². The van der Waals surface area contributed by atoms with Crippen LogP contribution in [0.15, 0.2) is 0 Å². The van der Waals surface area contributed by atoms with Gasteiger partial charge in [-0.1, -0.05) is 0 Å². The molecule has 1 aliphatic rings. The standard InChI is InChI=1S/C3H3F3S2/c4-3(5,6)2-7-1-8-2/h2H,1H2. The molecule has 1 saturated heterocycles. The fourth-order valence-electron chi connectivity index (χ4n) is 0.325. The van der Waals surface area contributed by atoms with Crippen LogP contribution in [0.4, 0.5) is 13.2 Å². The lowest BCUT2D eigenvalue weighted by Crippen LogP contribution is -2.27. The van der Waals surface area contributed by atoms with Crippen LogP contribution in [0.2, 0.25) is 0 Å². The second-order valence-electron chi connectivity index (χ2n) is 1.32. The first-order chi connectivity index (χ1) is 3.61. The van der Waals surface area contributed by atoms with Crippen molar-refractivity contribution < 1.29 is 13.2 Å². The molecule has 1 heterocycles. The maximum absolute atomic E-state index is 11.5. The second kappa shape index (κ2) is 2.02. The van der Waals surface area contributed by atoms with E-state index >= 15 is 0 Å². The molecule has 0 aromatic carbocycles. The summed E-state index contributed by atoms with van der Waals surface area (Å²) in [7, 11) is 0. The molecule has 0 radical (unpaired) electrons. The van der Waals surface area contributed by atoms with Crippen LogP contribution in [0.1, 0.15) is 0 Å². The van der Waals surface area contributed by atoms with Gasteiger partial charge < -0.3 is 0 Å². The molecule has 0 nitrogen and oxygen atoms in total. The molecule has 0 aliphatic carbocycles. The Morgan fingerprint density at radius 1 is 1.25 bits per heavy atom. The van der Waals surface area contributed by atoms with Crippen LogP contribution in [-0.2, 0) is 0 Å². The van der Waals surface area contributed by atoms with Crippen molar-refractivity contribution in [3.8, 4) is 0 Å². The number of alkyl halides is 3. The van der Waals surface area contributed by atoms with E-state index in [2.05, 4.69) is 0 Å². The van der Waals surface area contributed by atoms with Gasteiger partial charge in [-0.25, -0.2) is 0 Å². The Balaban J connectivity index is 2.34. The third kappa shape index (κ3) is 1.25. The van der Waals surface area contributed by atoms with Crippen molar-refractivity contribution >= 4 is 23.5 Å². The van der Waals surface area contributed by atoms with Crippen LogP contribution in [0.5, 0.6) is 0 Å². The van der Waals surface area contributed by atoms with E-state index in [1.807, 2.05) is 0 Å². The van der Waals surface area contributed by atoms with Gasteiger partial charge in [0, 0.05) is 5.08 Å². The third-order valence-electron chi connectivity index (χ3n) is 0.706. The minimum atomic E-state index is -3.98. The van der Waals surface area contributed by atoms with Gasteiger partial charge in [-0.2, -0.15) is 13.2 Å². The molecule has 1 fully saturated rings. The van der Waals surface area contributed by atoms with Gasteiger partial charge in [-0.05, 0) is 0 Å². The van der Waals surface area contributed by atoms with Gasteiger partial charge in [0.25, 0.3) is 0 Å². The summed E-state index contributed by atoms with van der Waals surface area (Å²) in [5.74, 6) is 0. The normalized spacial score (nSPS) is 22.9. The van der Waals surface area contributed by atoms with Crippen LogP contribution < -0.4 is 0 Å². The van der Waals surface area contributed by atoms with Crippen molar-refractivity contribution in [1.82, 2.24) is 0 Å². The van der Waals surface area contributed by atoms with E-state index in [1.54, 1.807) is 0 Å². The van der Waals surface area contributed by atoms with Crippen molar-refractivity contribution in [1.29, 1.82) is 0 Å². The Labute approximate surface area is 53.2 Å². The first-order valence-electron chi connectivity index (χ1n) is 1.90. The lowest BCUT2D eigenvalue weighted by molar-refractivity contribution is -0.112. The molecule has 0 aromatic heterocycles. The SMILES string of the molecule is FC(F)(F)C1SCS1. The van der Waals surface area contributed by atoms with Crippen LogP contribution in [0.3, 0.4) is 0 Å². The van der Waals surface area contributed by atoms with Crippen molar-refractivity contribution in [2.45, 2.75) is 10.8 Å². The van der Waals surface area contributed by atoms with E-state index < -0.39 is 10.8 Å². The third-order valence-corrected chi connectivity index (χ3v) is 3.75. The zero-order valence-corrected chi connectivity index (χ0v) is 5.37. The summed E-state index contributed by atoms with van der Waals surface area (Å²) in [6.45, 7) is 0. The second-order valence-corrected chi connectivity index (χ2v) is 4.18. The molecule has 5 heteroatoms. The van der Waals surface area contributed by atoms with E-state index in [0.717, 1.165) is 23.5 Å². The largest absolute Gasteiger partial charge is 0.409 e. The molecule has 48 valence electrons. The van der Waals surface area contributed by atoms with Crippen molar-refractivity contribution in [3.05, 3.63) is 0 Å². The molecular weight excluding hydrogens is 157 g/mol. The molecule has 0 bridgehead atoms. The highest BCUT2D eigenvalue weighted by Crippen LogP contribution is 2.48. The lowest BCUT2D eigenvalue weighted by Gasteiger charge is -2.25. The van der Waals surface area contributed by atoms with Gasteiger partial charge in [-0.15, -0.1) is 23.5 Å². The molecule has 0 unspecified atom stereocenters. The van der Waals surface area contributed by atoms with Gasteiger partial charge in [0.05, 0.1) is 0 Å². The predicted octanol–water partition coefficient (Wildman–Crippen LogP) is 2.31. The molecule has 8 heavy (non-hydrogen) atoms. The van der Waals surface area contributed by atoms with Gasteiger partial charge >= 0.3 is 6.18 Å². The summed E-state index contributed by atoms with van der Waals surface area (Å²) in [6, 6.07) is 0. The molecule has 1 rings (SSSR count). The molecular formula is C3H3F3S2. The first-order valence-corrected chi connectivity index (χ1v) is 4.00. The zero-order chi connectivity index (χ0) is 6.20. The number of hydrogen-bond donors (Lipinski definition) is 0.